The number of aromatic nitrogens is 2. The zero-order chi connectivity index (χ0) is 32.8. The van der Waals surface area contributed by atoms with E-state index in [1.54, 1.807) is 12.1 Å². The Morgan fingerprint density at radius 3 is 2.00 bits per heavy atom. The van der Waals surface area contributed by atoms with E-state index in [4.69, 9.17) is 14.4 Å². The second kappa shape index (κ2) is 11.7. The van der Waals surface area contributed by atoms with Crippen molar-refractivity contribution in [3.63, 3.8) is 0 Å². The Morgan fingerprint density at radius 1 is 0.562 bits per heavy atom. The average Bonchev–Trinajstić information content (AvgIpc) is 3.57. The van der Waals surface area contributed by atoms with Gasteiger partial charge in [-0.15, -0.1) is 0 Å². The van der Waals surface area contributed by atoms with Crippen LogP contribution >= 0.6 is 0 Å². The fraction of sp³-hybridized carbons (Fsp3) is 0.0909. The van der Waals surface area contributed by atoms with Crippen molar-refractivity contribution in [3.05, 3.63) is 162 Å². The van der Waals surface area contributed by atoms with Crippen molar-refractivity contribution in [2.24, 2.45) is 0 Å². The number of para-hydroxylation sites is 2. The largest absolute Gasteiger partial charge is 0.507 e. The van der Waals surface area contributed by atoms with Crippen molar-refractivity contribution < 1.29 is 9.52 Å². The van der Waals surface area contributed by atoms with E-state index in [1.165, 1.54) is 16.7 Å². The Balaban J connectivity index is 1.39. The molecule has 4 heteroatoms. The van der Waals surface area contributed by atoms with E-state index in [0.29, 0.717) is 17.0 Å². The molecule has 8 rings (SSSR count). The summed E-state index contributed by atoms with van der Waals surface area (Å²) in [4.78, 5) is 9.89. The van der Waals surface area contributed by atoms with E-state index in [1.807, 2.05) is 36.5 Å². The Morgan fingerprint density at radius 2 is 1.23 bits per heavy atom. The number of hydrogen-bond donors (Lipinski definition) is 1. The van der Waals surface area contributed by atoms with Gasteiger partial charge in [0, 0.05) is 28.1 Å². The van der Waals surface area contributed by atoms with Gasteiger partial charge in [0.15, 0.2) is 5.58 Å². The maximum absolute atomic E-state index is 10.6. The molecule has 2 aromatic heterocycles. The third-order valence-corrected chi connectivity index (χ3v) is 9.50. The molecule has 0 aliphatic rings. The van der Waals surface area contributed by atoms with Crippen LogP contribution in [0.5, 0.6) is 5.75 Å². The minimum absolute atomic E-state index is 0.131. The third kappa shape index (κ3) is 5.12. The highest BCUT2D eigenvalue weighted by Crippen LogP contribution is 2.42. The number of phenols is 1. The van der Waals surface area contributed by atoms with Gasteiger partial charge in [0.05, 0.1) is 11.1 Å². The second-order valence-corrected chi connectivity index (χ2v) is 12.9. The molecule has 0 aliphatic heterocycles. The number of hydrogen-bond acceptors (Lipinski definition) is 4. The fourth-order valence-electron chi connectivity index (χ4n) is 6.68. The minimum Gasteiger partial charge on any atom is -0.507 e. The number of aromatic hydroxyl groups is 1. The molecule has 0 saturated carbocycles. The van der Waals surface area contributed by atoms with Crippen LogP contribution < -0.4 is 0 Å². The number of rotatable bonds is 6. The normalized spacial score (nSPS) is 11.7. The highest BCUT2D eigenvalue weighted by molar-refractivity contribution is 6.00. The molecule has 0 aliphatic carbocycles. The van der Waals surface area contributed by atoms with Crippen molar-refractivity contribution >= 4 is 22.0 Å². The maximum Gasteiger partial charge on any atom is 0.231 e. The average molecular weight is 623 g/mol. The van der Waals surface area contributed by atoms with Crippen LogP contribution in [-0.4, -0.2) is 15.1 Å². The number of aryl methyl sites for hydroxylation is 1. The smallest absolute Gasteiger partial charge is 0.231 e. The van der Waals surface area contributed by atoms with Gasteiger partial charge in [-0.1, -0.05) is 98.8 Å². The molecular formula is C44H34N2O2. The molecule has 0 spiro atoms. The van der Waals surface area contributed by atoms with Crippen LogP contribution in [0.25, 0.3) is 66.8 Å². The van der Waals surface area contributed by atoms with E-state index in [-0.39, 0.29) is 11.2 Å². The summed E-state index contributed by atoms with van der Waals surface area (Å²) in [5.74, 6) is 0.517. The first-order valence-electron chi connectivity index (χ1n) is 16.2. The molecule has 0 unspecified atom stereocenters. The molecular weight excluding hydrogens is 588 g/mol. The molecule has 4 nitrogen and oxygen atoms in total. The topological polar surface area (TPSA) is 59.2 Å². The summed E-state index contributed by atoms with van der Waals surface area (Å²) in [5, 5.41) is 11.7. The molecule has 232 valence electrons. The van der Waals surface area contributed by atoms with Gasteiger partial charge in [-0.3, -0.25) is 4.98 Å². The molecule has 48 heavy (non-hydrogen) atoms. The van der Waals surface area contributed by atoms with Gasteiger partial charge in [-0.25, -0.2) is 4.98 Å². The van der Waals surface area contributed by atoms with Crippen LogP contribution in [0.2, 0.25) is 0 Å². The first kappa shape index (κ1) is 29.4. The van der Waals surface area contributed by atoms with Crippen molar-refractivity contribution in [2.75, 3.05) is 0 Å². The van der Waals surface area contributed by atoms with Crippen molar-refractivity contribution in [3.8, 4) is 50.6 Å². The van der Waals surface area contributed by atoms with E-state index >= 15 is 0 Å². The Hall–Kier alpha value is -6.00. The fourth-order valence-corrected chi connectivity index (χ4v) is 6.68. The van der Waals surface area contributed by atoms with Crippen LogP contribution in [0, 0.1) is 6.92 Å². The van der Waals surface area contributed by atoms with Gasteiger partial charge in [0.2, 0.25) is 5.89 Å². The van der Waals surface area contributed by atoms with Crippen molar-refractivity contribution in [1.82, 2.24) is 9.97 Å². The van der Waals surface area contributed by atoms with Gasteiger partial charge in [-0.2, -0.15) is 0 Å². The minimum atomic E-state index is -0.238. The number of benzene rings is 6. The first-order chi connectivity index (χ1) is 23.4. The van der Waals surface area contributed by atoms with E-state index in [2.05, 4.69) is 118 Å². The number of phenolic OH excluding ortho intramolecular Hbond substituents is 1. The van der Waals surface area contributed by atoms with Crippen molar-refractivity contribution in [1.29, 1.82) is 0 Å². The third-order valence-electron chi connectivity index (χ3n) is 9.50. The van der Waals surface area contributed by atoms with Gasteiger partial charge < -0.3 is 9.52 Å². The van der Waals surface area contributed by atoms with Crippen LogP contribution in [-0.2, 0) is 5.41 Å². The quantitative estimate of drug-likeness (QED) is 0.200. The van der Waals surface area contributed by atoms with Crippen LogP contribution in [0.15, 0.2) is 150 Å². The van der Waals surface area contributed by atoms with E-state index in [9.17, 15) is 5.11 Å². The highest BCUT2D eigenvalue weighted by Gasteiger charge is 2.25. The Labute approximate surface area is 280 Å². The van der Waals surface area contributed by atoms with Gasteiger partial charge >= 0.3 is 0 Å². The molecule has 0 fully saturated rings. The predicted octanol–water partition coefficient (Wildman–Crippen LogP) is 11.4. The van der Waals surface area contributed by atoms with Crippen LogP contribution in [0.3, 0.4) is 0 Å². The summed E-state index contributed by atoms with van der Waals surface area (Å²) in [5.41, 5.74) is 12.7. The molecule has 2 heterocycles. The number of fused-ring (bicyclic) bond motifs is 2. The van der Waals surface area contributed by atoms with Gasteiger partial charge in [0.25, 0.3) is 0 Å². The zero-order valence-electron chi connectivity index (χ0n) is 27.1. The first-order valence-corrected chi connectivity index (χ1v) is 16.2. The number of nitrogens with zero attached hydrogens (tertiary/aromatic N) is 2. The molecule has 0 atom stereocenters. The van der Waals surface area contributed by atoms with Crippen LogP contribution in [0.1, 0.15) is 30.5 Å². The highest BCUT2D eigenvalue weighted by atomic mass is 16.3. The Bertz CT molecular complexity index is 2440. The predicted molar refractivity (Wildman–Crippen MR) is 196 cm³/mol. The monoisotopic (exact) mass is 622 g/mol. The summed E-state index contributed by atoms with van der Waals surface area (Å²) in [7, 11) is 0. The summed E-state index contributed by atoms with van der Waals surface area (Å²) >= 11 is 0. The standard InChI is InChI=1S/C44H34N2O2/c1-28-21-22-45-41-37(28)26-34(44(2,3)33-15-8-5-9-16-33)27-38(41)32-24-30(29-13-6-4-7-14-29)23-31(25-32)35-18-12-20-40-42(35)46-43(48-40)36-17-10-11-19-39(36)47/h4-27,47H,1-3H3. The van der Waals surface area contributed by atoms with E-state index < -0.39 is 0 Å². The van der Waals surface area contributed by atoms with Gasteiger partial charge in [-0.05, 0) is 100 Å². The lowest BCUT2D eigenvalue weighted by Crippen LogP contribution is -2.19. The maximum atomic E-state index is 10.6. The Kier molecular flexibility index (Phi) is 7.14. The lowest BCUT2D eigenvalue weighted by atomic mass is 9.76. The SMILES string of the molecule is Cc1ccnc2c(-c3cc(-c4ccccc4)cc(-c4cccc5oc(-c6ccccc6O)nc45)c3)cc(C(C)(C)c3ccccc3)cc12. The van der Waals surface area contributed by atoms with E-state index in [0.717, 1.165) is 49.8 Å². The summed E-state index contributed by atoms with van der Waals surface area (Å²) in [6.45, 7) is 6.74. The lowest BCUT2D eigenvalue weighted by Gasteiger charge is -2.28. The molecule has 6 aromatic carbocycles. The van der Waals surface area contributed by atoms with Crippen molar-refractivity contribution in [2.45, 2.75) is 26.2 Å². The molecule has 0 saturated heterocycles. The molecule has 0 amide bonds. The lowest BCUT2D eigenvalue weighted by molar-refractivity contribution is 0.474. The zero-order valence-corrected chi connectivity index (χ0v) is 27.1. The van der Waals surface area contributed by atoms with Crippen LogP contribution in [0.4, 0.5) is 0 Å². The molecule has 8 aromatic rings. The number of oxazole rings is 1. The summed E-state index contributed by atoms with van der Waals surface area (Å²) in [6.07, 6.45) is 1.90. The number of pyridine rings is 1. The second-order valence-electron chi connectivity index (χ2n) is 12.9. The summed E-state index contributed by atoms with van der Waals surface area (Å²) < 4.78 is 6.21. The van der Waals surface area contributed by atoms with Gasteiger partial charge in [0.1, 0.15) is 11.3 Å². The molecule has 1 N–H and O–H groups in total. The summed E-state index contributed by atoms with van der Waals surface area (Å²) in [6, 6.07) is 47.8. The molecule has 0 bridgehead atoms. The molecule has 0 radical (unpaired) electrons.